The SMILES string of the molecule is Cc1ccccc1C1(OC=O)c2ccc(Nc3cc(F)cc(F)c3)cc2Oc2ccc3c(c21)C=CCC3. The van der Waals surface area contributed by atoms with Gasteiger partial charge in [0.1, 0.15) is 23.1 Å². The lowest BCUT2D eigenvalue weighted by Crippen LogP contribution is -2.37. The van der Waals surface area contributed by atoms with Crippen molar-refractivity contribution >= 4 is 23.9 Å². The van der Waals surface area contributed by atoms with E-state index in [-0.39, 0.29) is 5.69 Å². The maximum absolute atomic E-state index is 13.8. The fourth-order valence-electron chi connectivity index (χ4n) is 5.47. The quantitative estimate of drug-likeness (QED) is 0.291. The number of aryl methyl sites for hydroxylation is 2. The van der Waals surface area contributed by atoms with Crippen molar-refractivity contribution in [3.05, 3.63) is 124 Å². The van der Waals surface area contributed by atoms with Crippen LogP contribution < -0.4 is 10.1 Å². The lowest BCUT2D eigenvalue weighted by Gasteiger charge is -2.41. The summed E-state index contributed by atoms with van der Waals surface area (Å²) >= 11 is 0. The monoisotopic (exact) mass is 495 g/mol. The highest BCUT2D eigenvalue weighted by molar-refractivity contribution is 5.75. The average Bonchev–Trinajstić information content (AvgIpc) is 2.88. The largest absolute Gasteiger partial charge is 0.456 e. The van der Waals surface area contributed by atoms with Crippen molar-refractivity contribution < 1.29 is 23.0 Å². The number of benzene rings is 4. The Morgan fingerprint density at radius 3 is 2.51 bits per heavy atom. The van der Waals surface area contributed by atoms with Crippen LogP contribution in [0.3, 0.4) is 0 Å². The Morgan fingerprint density at radius 1 is 0.919 bits per heavy atom. The van der Waals surface area contributed by atoms with Crippen LogP contribution in [0.15, 0.2) is 78.9 Å². The third kappa shape index (κ3) is 3.76. The second-order valence-corrected chi connectivity index (χ2v) is 9.26. The molecule has 6 rings (SSSR count). The molecule has 6 heteroatoms. The van der Waals surface area contributed by atoms with Gasteiger partial charge in [-0.05, 0) is 66.8 Å². The van der Waals surface area contributed by atoms with E-state index in [9.17, 15) is 13.6 Å². The molecule has 1 atom stereocenters. The molecule has 1 aliphatic heterocycles. The van der Waals surface area contributed by atoms with Gasteiger partial charge in [0.05, 0.1) is 5.56 Å². The number of carbonyl (C=O) groups is 1. The highest BCUT2D eigenvalue weighted by Crippen LogP contribution is 2.55. The van der Waals surface area contributed by atoms with Gasteiger partial charge in [0.25, 0.3) is 6.47 Å². The molecule has 0 saturated heterocycles. The predicted molar refractivity (Wildman–Crippen MR) is 138 cm³/mol. The highest BCUT2D eigenvalue weighted by Gasteiger charge is 2.48. The first-order valence-electron chi connectivity index (χ1n) is 12.1. The maximum Gasteiger partial charge on any atom is 0.294 e. The van der Waals surface area contributed by atoms with E-state index in [0.29, 0.717) is 29.2 Å². The summed E-state index contributed by atoms with van der Waals surface area (Å²) in [6, 6.07) is 20.4. The number of fused-ring (bicyclic) bond motifs is 4. The van der Waals surface area contributed by atoms with Crippen molar-refractivity contribution in [3.63, 3.8) is 0 Å². The number of hydrogen-bond acceptors (Lipinski definition) is 4. The molecule has 184 valence electrons. The number of allylic oxidation sites excluding steroid dienone is 1. The van der Waals surface area contributed by atoms with E-state index >= 15 is 0 Å². The zero-order valence-corrected chi connectivity index (χ0v) is 20.1. The minimum absolute atomic E-state index is 0.266. The molecule has 2 aliphatic rings. The predicted octanol–water partition coefficient (Wildman–Crippen LogP) is 7.55. The van der Waals surface area contributed by atoms with E-state index in [1.807, 2.05) is 49.4 Å². The van der Waals surface area contributed by atoms with Crippen molar-refractivity contribution in [2.45, 2.75) is 25.4 Å². The fraction of sp³-hybridized carbons (Fsp3) is 0.129. The van der Waals surface area contributed by atoms with Gasteiger partial charge in [0.15, 0.2) is 5.60 Å². The first-order chi connectivity index (χ1) is 18.0. The zero-order valence-electron chi connectivity index (χ0n) is 20.1. The fourth-order valence-corrected chi connectivity index (χ4v) is 5.47. The van der Waals surface area contributed by atoms with Gasteiger partial charge in [-0.15, -0.1) is 0 Å². The normalized spacial score (nSPS) is 17.2. The number of anilines is 2. The smallest absolute Gasteiger partial charge is 0.294 e. The summed E-state index contributed by atoms with van der Waals surface area (Å²) in [4.78, 5) is 12.2. The molecule has 0 saturated carbocycles. The summed E-state index contributed by atoms with van der Waals surface area (Å²) in [5, 5.41) is 3.04. The standard InChI is InChI=1S/C31H23F2NO3/c1-19-6-2-5-9-26(19)31(36-18-35)27-12-11-23(34-24-15-21(32)14-22(33)16-24)17-29(27)37-28-13-10-20-7-3-4-8-25(20)30(28)31/h2,4-6,8-18,34H,3,7H2,1H3. The minimum atomic E-state index is -1.26. The second-order valence-electron chi connectivity index (χ2n) is 9.26. The van der Waals surface area contributed by atoms with E-state index in [0.717, 1.165) is 46.7 Å². The van der Waals surface area contributed by atoms with Gasteiger partial charge in [-0.1, -0.05) is 42.5 Å². The van der Waals surface area contributed by atoms with E-state index < -0.39 is 17.2 Å². The van der Waals surface area contributed by atoms with E-state index in [2.05, 4.69) is 17.5 Å². The lowest BCUT2D eigenvalue weighted by molar-refractivity contribution is -0.137. The van der Waals surface area contributed by atoms with Gasteiger partial charge in [-0.2, -0.15) is 0 Å². The minimum Gasteiger partial charge on any atom is -0.456 e. The molecule has 4 aromatic rings. The Kier molecular flexibility index (Phi) is 5.52. The topological polar surface area (TPSA) is 47.6 Å². The van der Waals surface area contributed by atoms with Crippen molar-refractivity contribution in [2.75, 3.05) is 5.32 Å². The Morgan fingerprint density at radius 2 is 1.73 bits per heavy atom. The molecule has 0 fully saturated rings. The molecule has 4 nitrogen and oxygen atoms in total. The second kappa shape index (κ2) is 8.89. The van der Waals surface area contributed by atoms with Crippen LogP contribution in [-0.4, -0.2) is 6.47 Å². The molecule has 4 aromatic carbocycles. The van der Waals surface area contributed by atoms with Gasteiger partial charge in [0, 0.05) is 34.6 Å². The molecule has 0 bridgehead atoms. The molecule has 37 heavy (non-hydrogen) atoms. The van der Waals surface area contributed by atoms with Crippen LogP contribution in [0.1, 0.15) is 39.8 Å². The van der Waals surface area contributed by atoms with Crippen molar-refractivity contribution in [1.29, 1.82) is 0 Å². The Hall–Kier alpha value is -4.45. The molecule has 1 unspecified atom stereocenters. The molecule has 1 N–H and O–H groups in total. The van der Waals surface area contributed by atoms with Gasteiger partial charge < -0.3 is 14.8 Å². The van der Waals surface area contributed by atoms with Crippen molar-refractivity contribution in [2.24, 2.45) is 0 Å². The number of rotatable bonds is 5. The summed E-state index contributed by atoms with van der Waals surface area (Å²) in [7, 11) is 0. The summed E-state index contributed by atoms with van der Waals surface area (Å²) < 4.78 is 40.1. The first kappa shape index (κ1) is 23.0. The Bertz CT molecular complexity index is 1560. The number of nitrogens with one attached hydrogen (secondary N) is 1. The van der Waals surface area contributed by atoms with Crippen molar-refractivity contribution in [1.82, 2.24) is 0 Å². The van der Waals surface area contributed by atoms with Crippen molar-refractivity contribution in [3.8, 4) is 11.5 Å². The Balaban J connectivity index is 1.59. The number of halogens is 2. The van der Waals surface area contributed by atoms with Crippen LogP contribution in [0.5, 0.6) is 11.5 Å². The third-order valence-corrected chi connectivity index (χ3v) is 7.00. The molecule has 0 spiro atoms. The van der Waals surface area contributed by atoms with Gasteiger partial charge in [0.2, 0.25) is 0 Å². The molecular formula is C31H23F2NO3. The maximum atomic E-state index is 13.8. The third-order valence-electron chi connectivity index (χ3n) is 7.00. The van der Waals surface area contributed by atoms with Crippen LogP contribution >= 0.6 is 0 Å². The number of ether oxygens (including phenoxy) is 2. The van der Waals surface area contributed by atoms with Crippen LogP contribution in [0.25, 0.3) is 6.08 Å². The Labute approximate surface area is 213 Å². The lowest BCUT2D eigenvalue weighted by atomic mass is 9.73. The average molecular weight is 496 g/mol. The molecular weight excluding hydrogens is 472 g/mol. The molecule has 1 aliphatic carbocycles. The summed E-state index contributed by atoms with van der Waals surface area (Å²) in [5.74, 6) is -0.307. The summed E-state index contributed by atoms with van der Waals surface area (Å²) in [6.45, 7) is 2.47. The van der Waals surface area contributed by atoms with Crippen LogP contribution in [0.2, 0.25) is 0 Å². The zero-order chi connectivity index (χ0) is 25.6. The van der Waals surface area contributed by atoms with Gasteiger partial charge >= 0.3 is 0 Å². The van der Waals surface area contributed by atoms with Gasteiger partial charge in [-0.3, -0.25) is 4.79 Å². The number of carbonyl (C=O) groups excluding carboxylic acids is 1. The van der Waals surface area contributed by atoms with Gasteiger partial charge in [-0.25, -0.2) is 8.78 Å². The van der Waals surface area contributed by atoms with E-state index in [4.69, 9.17) is 9.47 Å². The molecule has 1 heterocycles. The summed E-state index contributed by atoms with van der Waals surface area (Å²) in [6.07, 6.45) is 6.00. The first-order valence-corrected chi connectivity index (χ1v) is 12.1. The van der Waals surface area contributed by atoms with E-state index in [1.54, 1.807) is 12.1 Å². The molecule has 0 amide bonds. The van der Waals surface area contributed by atoms with E-state index in [1.165, 1.54) is 12.1 Å². The van der Waals surface area contributed by atoms with Crippen LogP contribution in [-0.2, 0) is 21.6 Å². The number of hydrogen-bond donors (Lipinski definition) is 1. The highest BCUT2D eigenvalue weighted by atomic mass is 19.1. The summed E-state index contributed by atoms with van der Waals surface area (Å²) in [5.41, 5.74) is 4.94. The molecule has 0 radical (unpaired) electrons. The molecule has 0 aromatic heterocycles. The van der Waals surface area contributed by atoms with Crippen LogP contribution in [0.4, 0.5) is 20.2 Å². The van der Waals surface area contributed by atoms with Crippen LogP contribution in [0, 0.1) is 18.6 Å².